The first-order chi connectivity index (χ1) is 7.72. The van der Waals surface area contributed by atoms with E-state index in [0.717, 1.165) is 12.3 Å². The van der Waals surface area contributed by atoms with Gasteiger partial charge in [0.05, 0.1) is 12.1 Å². The van der Waals surface area contributed by atoms with E-state index in [0.29, 0.717) is 5.92 Å². The van der Waals surface area contributed by atoms with Gasteiger partial charge in [0.1, 0.15) is 0 Å². The Balaban J connectivity index is 2.06. The summed E-state index contributed by atoms with van der Waals surface area (Å²) in [6.07, 6.45) is 0. The van der Waals surface area contributed by atoms with Crippen LogP contribution in [0.2, 0.25) is 0 Å². The lowest BCUT2D eigenvalue weighted by molar-refractivity contribution is 0.289. The number of fused-ring (bicyclic) bond motifs is 1. The van der Waals surface area contributed by atoms with Crippen LogP contribution >= 0.6 is 11.8 Å². The zero-order valence-electron chi connectivity index (χ0n) is 9.68. The van der Waals surface area contributed by atoms with Crippen molar-refractivity contribution in [2.45, 2.75) is 23.8 Å². The standard InChI is InChI=1S/C13H16N2S/c1-10(7-14)15(2)8-11-9-16-13-6-4-3-5-12(11)13/h3-6,10-11H,8-9H2,1-2H3. The maximum absolute atomic E-state index is 8.88. The Morgan fingerprint density at radius 3 is 3.06 bits per heavy atom. The van der Waals surface area contributed by atoms with E-state index in [1.165, 1.54) is 10.5 Å². The predicted octanol–water partition coefficient (Wildman–Crippen LogP) is 2.72. The first kappa shape index (κ1) is 11.5. The van der Waals surface area contributed by atoms with Gasteiger partial charge in [0, 0.05) is 23.1 Å². The fourth-order valence-corrected chi connectivity index (χ4v) is 3.23. The minimum atomic E-state index is -0.00207. The number of rotatable bonds is 3. The van der Waals surface area contributed by atoms with Gasteiger partial charge in [-0.25, -0.2) is 0 Å². The van der Waals surface area contributed by atoms with Gasteiger partial charge >= 0.3 is 0 Å². The second kappa shape index (κ2) is 4.90. The molecule has 84 valence electrons. The van der Waals surface area contributed by atoms with Crippen molar-refractivity contribution < 1.29 is 0 Å². The summed E-state index contributed by atoms with van der Waals surface area (Å²) < 4.78 is 0. The van der Waals surface area contributed by atoms with Gasteiger partial charge in [0.25, 0.3) is 0 Å². The van der Waals surface area contributed by atoms with Gasteiger partial charge in [0.2, 0.25) is 0 Å². The van der Waals surface area contributed by atoms with Gasteiger partial charge in [-0.1, -0.05) is 18.2 Å². The van der Waals surface area contributed by atoms with Gasteiger partial charge in [0.15, 0.2) is 0 Å². The summed E-state index contributed by atoms with van der Waals surface area (Å²) in [6.45, 7) is 2.92. The molecule has 0 amide bonds. The normalized spacial score (nSPS) is 20.5. The molecule has 1 aliphatic rings. The topological polar surface area (TPSA) is 27.0 Å². The highest BCUT2D eigenvalue weighted by atomic mass is 32.2. The summed E-state index contributed by atoms with van der Waals surface area (Å²) in [7, 11) is 2.03. The number of hydrogen-bond donors (Lipinski definition) is 0. The molecular weight excluding hydrogens is 216 g/mol. The molecular formula is C13H16N2S. The van der Waals surface area contributed by atoms with Crippen molar-refractivity contribution in [2.24, 2.45) is 0 Å². The zero-order valence-corrected chi connectivity index (χ0v) is 10.5. The number of thioether (sulfide) groups is 1. The minimum absolute atomic E-state index is 0.00207. The first-order valence-electron chi connectivity index (χ1n) is 5.54. The van der Waals surface area contributed by atoms with Crippen LogP contribution in [0.3, 0.4) is 0 Å². The summed E-state index contributed by atoms with van der Waals surface area (Å²) in [5.41, 5.74) is 1.45. The Morgan fingerprint density at radius 1 is 1.56 bits per heavy atom. The average Bonchev–Trinajstić information content (AvgIpc) is 2.72. The van der Waals surface area contributed by atoms with E-state index >= 15 is 0 Å². The summed E-state index contributed by atoms with van der Waals surface area (Å²) in [5, 5.41) is 8.88. The van der Waals surface area contributed by atoms with Crippen molar-refractivity contribution >= 4 is 11.8 Å². The number of likely N-dealkylation sites (N-methyl/N-ethyl adjacent to an activating group) is 1. The summed E-state index contributed by atoms with van der Waals surface area (Å²) in [6, 6.07) is 10.9. The molecule has 1 aromatic carbocycles. The van der Waals surface area contributed by atoms with E-state index in [4.69, 9.17) is 5.26 Å². The molecule has 2 nitrogen and oxygen atoms in total. The molecule has 0 saturated heterocycles. The van der Waals surface area contributed by atoms with Gasteiger partial charge in [-0.05, 0) is 25.6 Å². The van der Waals surface area contributed by atoms with Crippen LogP contribution in [-0.4, -0.2) is 30.3 Å². The highest BCUT2D eigenvalue weighted by molar-refractivity contribution is 7.99. The van der Waals surface area contributed by atoms with Crippen LogP contribution in [0.1, 0.15) is 18.4 Å². The van der Waals surface area contributed by atoms with Crippen molar-refractivity contribution in [2.75, 3.05) is 19.3 Å². The number of hydrogen-bond acceptors (Lipinski definition) is 3. The van der Waals surface area contributed by atoms with Crippen LogP contribution in [0.15, 0.2) is 29.2 Å². The third kappa shape index (κ3) is 2.23. The van der Waals surface area contributed by atoms with Crippen LogP contribution in [0.25, 0.3) is 0 Å². The molecule has 0 bridgehead atoms. The van der Waals surface area contributed by atoms with Crippen LogP contribution in [0.5, 0.6) is 0 Å². The van der Waals surface area contributed by atoms with Crippen molar-refractivity contribution in [1.82, 2.24) is 4.90 Å². The maximum Gasteiger partial charge on any atom is 0.0947 e. The summed E-state index contributed by atoms with van der Waals surface area (Å²) in [5.74, 6) is 1.71. The van der Waals surface area contributed by atoms with Crippen molar-refractivity contribution in [3.63, 3.8) is 0 Å². The molecule has 1 aliphatic heterocycles. The lowest BCUT2D eigenvalue weighted by Crippen LogP contribution is -2.31. The quantitative estimate of drug-likeness (QED) is 0.802. The molecule has 2 rings (SSSR count). The summed E-state index contributed by atoms with van der Waals surface area (Å²) in [4.78, 5) is 3.54. The highest BCUT2D eigenvalue weighted by Gasteiger charge is 2.24. The van der Waals surface area contributed by atoms with Gasteiger partial charge < -0.3 is 0 Å². The minimum Gasteiger partial charge on any atom is -0.291 e. The van der Waals surface area contributed by atoms with Crippen LogP contribution in [0.4, 0.5) is 0 Å². The SMILES string of the molecule is CC(C#N)N(C)CC1CSc2ccccc21. The summed E-state index contributed by atoms with van der Waals surface area (Å²) >= 11 is 1.93. The van der Waals surface area contributed by atoms with E-state index in [9.17, 15) is 0 Å². The average molecular weight is 232 g/mol. The molecule has 0 aliphatic carbocycles. The monoisotopic (exact) mass is 232 g/mol. The molecule has 2 atom stereocenters. The van der Waals surface area contributed by atoms with Gasteiger partial charge in [-0.2, -0.15) is 5.26 Å². The molecule has 3 heteroatoms. The molecule has 0 N–H and O–H groups in total. The van der Waals surface area contributed by atoms with Crippen molar-refractivity contribution in [3.05, 3.63) is 29.8 Å². The lowest BCUT2D eigenvalue weighted by atomic mass is 10.0. The molecule has 16 heavy (non-hydrogen) atoms. The molecule has 0 saturated carbocycles. The third-order valence-electron chi connectivity index (χ3n) is 3.16. The fourth-order valence-electron chi connectivity index (χ4n) is 1.98. The molecule has 0 radical (unpaired) electrons. The molecule has 0 aromatic heterocycles. The highest BCUT2D eigenvalue weighted by Crippen LogP contribution is 2.39. The predicted molar refractivity (Wildman–Crippen MR) is 67.6 cm³/mol. The Morgan fingerprint density at radius 2 is 2.31 bits per heavy atom. The second-order valence-corrected chi connectivity index (χ2v) is 5.35. The zero-order chi connectivity index (χ0) is 11.5. The number of nitrogens with zero attached hydrogens (tertiary/aromatic N) is 2. The maximum atomic E-state index is 8.88. The van der Waals surface area contributed by atoms with Gasteiger partial charge in [-0.3, -0.25) is 4.90 Å². The molecule has 0 fully saturated rings. The Bertz CT molecular complexity index is 411. The van der Waals surface area contributed by atoms with Crippen LogP contribution < -0.4 is 0 Å². The van der Waals surface area contributed by atoms with E-state index in [1.54, 1.807) is 0 Å². The third-order valence-corrected chi connectivity index (χ3v) is 4.41. The molecule has 2 unspecified atom stereocenters. The smallest absolute Gasteiger partial charge is 0.0947 e. The fraction of sp³-hybridized carbons (Fsp3) is 0.462. The Labute approximate surface area is 101 Å². The van der Waals surface area contributed by atoms with E-state index < -0.39 is 0 Å². The van der Waals surface area contributed by atoms with E-state index in [2.05, 4.69) is 35.2 Å². The first-order valence-corrected chi connectivity index (χ1v) is 6.52. The van der Waals surface area contributed by atoms with Gasteiger partial charge in [-0.15, -0.1) is 11.8 Å². The van der Waals surface area contributed by atoms with Crippen LogP contribution in [0, 0.1) is 11.3 Å². The van der Waals surface area contributed by atoms with Crippen molar-refractivity contribution in [3.8, 4) is 6.07 Å². The lowest BCUT2D eigenvalue weighted by Gasteiger charge is -2.22. The molecule has 1 heterocycles. The molecule has 1 aromatic rings. The Hall–Kier alpha value is -0.980. The molecule has 0 spiro atoms. The Kier molecular flexibility index (Phi) is 3.52. The largest absolute Gasteiger partial charge is 0.291 e. The number of nitriles is 1. The van der Waals surface area contributed by atoms with Crippen LogP contribution in [-0.2, 0) is 0 Å². The van der Waals surface area contributed by atoms with E-state index in [-0.39, 0.29) is 6.04 Å². The number of benzene rings is 1. The van der Waals surface area contributed by atoms with E-state index in [1.807, 2.05) is 25.7 Å². The second-order valence-electron chi connectivity index (χ2n) is 4.29. The van der Waals surface area contributed by atoms with Crippen molar-refractivity contribution in [1.29, 1.82) is 5.26 Å².